The van der Waals surface area contributed by atoms with Crippen molar-refractivity contribution in [2.24, 2.45) is 0 Å². The molecule has 194 valence electrons. The SMILES string of the molecule is Cc1ccc(C(=O)N2CCN(Cc3ccc4c(c3)OCO4)CC2)cc1Oc1nc(Cc2ccccc2)ns1. The zero-order chi connectivity index (χ0) is 25.9. The highest BCUT2D eigenvalue weighted by molar-refractivity contribution is 7.07. The number of aryl methyl sites for hydroxylation is 1. The molecule has 6 rings (SSSR count). The number of piperazine rings is 1. The van der Waals surface area contributed by atoms with Gasteiger partial charge >= 0.3 is 0 Å². The van der Waals surface area contributed by atoms with E-state index in [1.165, 1.54) is 17.1 Å². The molecule has 0 aliphatic carbocycles. The van der Waals surface area contributed by atoms with Crippen molar-refractivity contribution in [3.05, 3.63) is 94.8 Å². The quantitative estimate of drug-likeness (QED) is 0.337. The first-order valence-electron chi connectivity index (χ1n) is 12.7. The number of nitrogens with zero attached hydrogens (tertiary/aromatic N) is 4. The molecule has 0 unspecified atom stereocenters. The zero-order valence-corrected chi connectivity index (χ0v) is 21.9. The van der Waals surface area contributed by atoms with Crippen LogP contribution in [0, 0.1) is 6.92 Å². The summed E-state index contributed by atoms with van der Waals surface area (Å²) >= 11 is 1.22. The fourth-order valence-electron chi connectivity index (χ4n) is 4.66. The number of carbonyl (C=O) groups excluding carboxylic acids is 1. The van der Waals surface area contributed by atoms with Crippen LogP contribution in [0.5, 0.6) is 22.4 Å². The van der Waals surface area contributed by atoms with Crippen molar-refractivity contribution in [2.45, 2.75) is 19.9 Å². The van der Waals surface area contributed by atoms with E-state index in [4.69, 9.17) is 14.2 Å². The van der Waals surface area contributed by atoms with E-state index in [9.17, 15) is 4.79 Å². The molecule has 0 saturated carbocycles. The number of benzene rings is 3. The Kier molecular flexibility index (Phi) is 6.94. The first-order valence-corrected chi connectivity index (χ1v) is 13.4. The zero-order valence-electron chi connectivity index (χ0n) is 21.1. The number of rotatable bonds is 7. The standard InChI is InChI=1S/C29H28N4O4S/c1-20-7-9-23(17-25(20)37-29-30-27(31-38-29)16-21-5-3-2-4-6-21)28(34)33-13-11-32(12-14-33)18-22-8-10-24-26(15-22)36-19-35-24/h2-10,15,17H,11-14,16,18-19H2,1H3. The van der Waals surface area contributed by atoms with Gasteiger partial charge in [0.1, 0.15) is 5.75 Å². The fraction of sp³-hybridized carbons (Fsp3) is 0.276. The maximum Gasteiger partial charge on any atom is 0.298 e. The molecule has 2 aliphatic heterocycles. The summed E-state index contributed by atoms with van der Waals surface area (Å²) in [6.07, 6.45) is 0.652. The molecular formula is C29H28N4O4S. The van der Waals surface area contributed by atoms with Crippen molar-refractivity contribution in [3.8, 4) is 22.4 Å². The predicted octanol–water partition coefficient (Wildman–Crippen LogP) is 4.92. The van der Waals surface area contributed by atoms with E-state index in [1.54, 1.807) is 0 Å². The van der Waals surface area contributed by atoms with Gasteiger partial charge in [0.2, 0.25) is 6.79 Å². The van der Waals surface area contributed by atoms with Crippen LogP contribution in [-0.2, 0) is 13.0 Å². The molecule has 9 heteroatoms. The van der Waals surface area contributed by atoms with E-state index in [2.05, 4.69) is 32.5 Å². The molecule has 0 bridgehead atoms. The second-order valence-electron chi connectivity index (χ2n) is 9.48. The Balaban J connectivity index is 1.06. The topological polar surface area (TPSA) is 77.0 Å². The van der Waals surface area contributed by atoms with Gasteiger partial charge in [-0.2, -0.15) is 9.36 Å². The molecule has 1 fully saturated rings. The van der Waals surface area contributed by atoms with Gasteiger partial charge in [-0.1, -0.05) is 42.5 Å². The van der Waals surface area contributed by atoms with Gasteiger partial charge in [-0.25, -0.2) is 0 Å². The Hall–Kier alpha value is -3.95. The van der Waals surface area contributed by atoms with Crippen molar-refractivity contribution in [2.75, 3.05) is 33.0 Å². The van der Waals surface area contributed by atoms with Gasteiger partial charge in [-0.15, -0.1) is 0 Å². The number of amides is 1. The second-order valence-corrected chi connectivity index (χ2v) is 10.2. The summed E-state index contributed by atoms with van der Waals surface area (Å²) in [4.78, 5) is 22.1. The first-order chi connectivity index (χ1) is 18.6. The largest absolute Gasteiger partial charge is 0.454 e. The third kappa shape index (κ3) is 5.49. The van der Waals surface area contributed by atoms with Crippen LogP contribution in [0.4, 0.5) is 0 Å². The van der Waals surface area contributed by atoms with Gasteiger partial charge in [-0.3, -0.25) is 9.69 Å². The Morgan fingerprint density at radius 2 is 1.76 bits per heavy atom. The minimum Gasteiger partial charge on any atom is -0.454 e. The highest BCUT2D eigenvalue weighted by Gasteiger charge is 2.24. The summed E-state index contributed by atoms with van der Waals surface area (Å²) in [5.74, 6) is 2.96. The van der Waals surface area contributed by atoms with Crippen molar-refractivity contribution >= 4 is 17.4 Å². The maximum absolute atomic E-state index is 13.3. The predicted molar refractivity (Wildman–Crippen MR) is 144 cm³/mol. The molecule has 4 aromatic rings. The van der Waals surface area contributed by atoms with Crippen LogP contribution >= 0.6 is 11.5 Å². The van der Waals surface area contributed by atoms with Gasteiger partial charge in [0.15, 0.2) is 17.3 Å². The molecule has 2 aliphatic rings. The van der Waals surface area contributed by atoms with E-state index in [1.807, 2.05) is 60.4 Å². The summed E-state index contributed by atoms with van der Waals surface area (Å²) < 4.78 is 21.4. The average molecular weight is 529 g/mol. The molecular weight excluding hydrogens is 500 g/mol. The molecule has 1 amide bonds. The third-order valence-electron chi connectivity index (χ3n) is 6.79. The van der Waals surface area contributed by atoms with Crippen molar-refractivity contribution in [1.82, 2.24) is 19.2 Å². The minimum absolute atomic E-state index is 0.0135. The van der Waals surface area contributed by atoms with Gasteiger partial charge in [0.05, 0.1) is 0 Å². The van der Waals surface area contributed by atoms with Crippen LogP contribution < -0.4 is 14.2 Å². The third-order valence-corrected chi connectivity index (χ3v) is 7.42. The molecule has 0 atom stereocenters. The summed E-state index contributed by atoms with van der Waals surface area (Å²) in [5, 5.41) is 0.473. The lowest BCUT2D eigenvalue weighted by Gasteiger charge is -2.35. The summed E-state index contributed by atoms with van der Waals surface area (Å²) in [5.41, 5.74) is 3.88. The molecule has 0 spiro atoms. The summed E-state index contributed by atoms with van der Waals surface area (Å²) in [7, 11) is 0. The summed E-state index contributed by atoms with van der Waals surface area (Å²) in [6, 6.07) is 21.8. The minimum atomic E-state index is 0.0135. The normalized spacial score (nSPS) is 15.0. The lowest BCUT2D eigenvalue weighted by molar-refractivity contribution is 0.0628. The van der Waals surface area contributed by atoms with E-state index >= 15 is 0 Å². The second kappa shape index (κ2) is 10.8. The lowest BCUT2D eigenvalue weighted by atomic mass is 10.1. The Morgan fingerprint density at radius 1 is 0.947 bits per heavy atom. The molecule has 3 heterocycles. The first kappa shape index (κ1) is 24.4. The van der Waals surface area contributed by atoms with Gasteiger partial charge in [0.25, 0.3) is 11.1 Å². The monoisotopic (exact) mass is 528 g/mol. The molecule has 0 N–H and O–H groups in total. The molecule has 1 aromatic heterocycles. The van der Waals surface area contributed by atoms with E-state index < -0.39 is 0 Å². The smallest absolute Gasteiger partial charge is 0.298 e. The number of fused-ring (bicyclic) bond motifs is 1. The number of aromatic nitrogens is 2. The van der Waals surface area contributed by atoms with Crippen LogP contribution in [-0.4, -0.2) is 58.0 Å². The fourth-order valence-corrected chi connectivity index (χ4v) is 5.22. The van der Waals surface area contributed by atoms with Crippen molar-refractivity contribution in [3.63, 3.8) is 0 Å². The molecule has 3 aromatic carbocycles. The number of hydrogen-bond donors (Lipinski definition) is 0. The van der Waals surface area contributed by atoms with Gasteiger partial charge in [0, 0.05) is 56.2 Å². The van der Waals surface area contributed by atoms with Gasteiger partial charge in [-0.05, 0) is 47.9 Å². The van der Waals surface area contributed by atoms with Crippen LogP contribution in [0.3, 0.4) is 0 Å². The van der Waals surface area contributed by atoms with Crippen LogP contribution in [0.1, 0.15) is 32.9 Å². The van der Waals surface area contributed by atoms with Crippen molar-refractivity contribution < 1.29 is 19.0 Å². The average Bonchev–Trinajstić information content (AvgIpc) is 3.59. The number of ether oxygens (including phenoxy) is 3. The Morgan fingerprint density at radius 3 is 2.61 bits per heavy atom. The van der Waals surface area contributed by atoms with Crippen LogP contribution in [0.2, 0.25) is 0 Å². The number of hydrogen-bond acceptors (Lipinski definition) is 8. The van der Waals surface area contributed by atoms with E-state index in [0.29, 0.717) is 36.0 Å². The lowest BCUT2D eigenvalue weighted by Crippen LogP contribution is -2.48. The molecule has 38 heavy (non-hydrogen) atoms. The highest BCUT2D eigenvalue weighted by Crippen LogP contribution is 2.33. The van der Waals surface area contributed by atoms with Gasteiger partial charge < -0.3 is 19.1 Å². The van der Waals surface area contributed by atoms with Crippen LogP contribution in [0.15, 0.2) is 66.7 Å². The van der Waals surface area contributed by atoms with E-state index in [-0.39, 0.29) is 12.7 Å². The Labute approximate surface area is 225 Å². The van der Waals surface area contributed by atoms with Crippen molar-refractivity contribution in [1.29, 1.82) is 0 Å². The summed E-state index contributed by atoms with van der Waals surface area (Å²) in [6.45, 7) is 6.02. The highest BCUT2D eigenvalue weighted by atomic mass is 32.1. The molecule has 0 radical (unpaired) electrons. The maximum atomic E-state index is 13.3. The molecule has 1 saturated heterocycles. The van der Waals surface area contributed by atoms with E-state index in [0.717, 1.165) is 48.1 Å². The Bertz CT molecular complexity index is 1430. The van der Waals surface area contributed by atoms with Crippen LogP contribution in [0.25, 0.3) is 0 Å². The number of carbonyl (C=O) groups is 1. The molecule has 8 nitrogen and oxygen atoms in total.